The molecule has 0 unspecified atom stereocenters. The van der Waals surface area contributed by atoms with Gasteiger partial charge in [-0.1, -0.05) is 24.3 Å². The molecule has 3 amide bonds. The molecule has 3 rings (SSSR count). The van der Waals surface area contributed by atoms with Gasteiger partial charge in [0, 0.05) is 38.2 Å². The van der Waals surface area contributed by atoms with Crippen LogP contribution in [-0.4, -0.2) is 29.9 Å². The minimum Gasteiger partial charge on any atom is -0.469 e. The number of benzene rings is 1. The minimum absolute atomic E-state index is 0.0927. The Kier molecular flexibility index (Phi) is 5.38. The Bertz CT molecular complexity index is 754. The van der Waals surface area contributed by atoms with Gasteiger partial charge in [-0.25, -0.2) is 4.79 Å². The van der Waals surface area contributed by atoms with Crippen molar-refractivity contribution in [2.24, 2.45) is 0 Å². The molecule has 1 aliphatic heterocycles. The fraction of sp³-hybridized carbons (Fsp3) is 0.368. The zero-order chi connectivity index (χ0) is 17.6. The van der Waals surface area contributed by atoms with E-state index in [1.165, 1.54) is 11.1 Å². The van der Waals surface area contributed by atoms with Crippen LogP contribution >= 0.6 is 0 Å². The summed E-state index contributed by atoms with van der Waals surface area (Å²) >= 11 is 0. The molecule has 2 heterocycles. The van der Waals surface area contributed by atoms with Crippen molar-refractivity contribution in [2.45, 2.75) is 32.9 Å². The highest BCUT2D eigenvalue weighted by molar-refractivity contribution is 5.78. The van der Waals surface area contributed by atoms with Crippen molar-refractivity contribution in [3.05, 3.63) is 59.0 Å². The van der Waals surface area contributed by atoms with Crippen molar-refractivity contribution in [3.8, 4) is 0 Å². The van der Waals surface area contributed by atoms with Crippen molar-refractivity contribution >= 4 is 11.9 Å². The Morgan fingerprint density at radius 1 is 1.16 bits per heavy atom. The van der Waals surface area contributed by atoms with Gasteiger partial charge < -0.3 is 20.0 Å². The van der Waals surface area contributed by atoms with Gasteiger partial charge in [0.2, 0.25) is 5.91 Å². The number of carbonyl (C=O) groups excluding carboxylic acids is 2. The molecule has 0 fully saturated rings. The third kappa shape index (κ3) is 4.41. The van der Waals surface area contributed by atoms with Crippen LogP contribution in [0.2, 0.25) is 0 Å². The van der Waals surface area contributed by atoms with Gasteiger partial charge in [0.25, 0.3) is 0 Å². The molecule has 0 atom stereocenters. The van der Waals surface area contributed by atoms with Crippen LogP contribution < -0.4 is 10.6 Å². The summed E-state index contributed by atoms with van der Waals surface area (Å²) in [5, 5.41) is 5.65. The van der Waals surface area contributed by atoms with Crippen molar-refractivity contribution in [1.82, 2.24) is 15.5 Å². The summed E-state index contributed by atoms with van der Waals surface area (Å²) < 4.78 is 5.19. The van der Waals surface area contributed by atoms with Gasteiger partial charge in [-0.3, -0.25) is 4.79 Å². The summed E-state index contributed by atoms with van der Waals surface area (Å²) in [5.74, 6) is 0.712. The Morgan fingerprint density at radius 3 is 2.72 bits per heavy atom. The van der Waals surface area contributed by atoms with Crippen LogP contribution in [0.1, 0.15) is 28.9 Å². The highest BCUT2D eigenvalue weighted by Crippen LogP contribution is 2.18. The van der Waals surface area contributed by atoms with Gasteiger partial charge in [-0.15, -0.1) is 0 Å². The first-order valence-corrected chi connectivity index (χ1v) is 8.52. The fourth-order valence-corrected chi connectivity index (χ4v) is 2.94. The number of amides is 3. The monoisotopic (exact) mass is 341 g/mol. The van der Waals surface area contributed by atoms with Crippen LogP contribution in [0.15, 0.2) is 41.0 Å². The maximum Gasteiger partial charge on any atom is 0.317 e. The number of nitrogens with one attached hydrogen (secondary N) is 2. The van der Waals surface area contributed by atoms with E-state index in [4.69, 9.17) is 4.42 Å². The molecule has 132 valence electrons. The summed E-state index contributed by atoms with van der Waals surface area (Å²) in [7, 11) is 0. The van der Waals surface area contributed by atoms with E-state index in [1.54, 1.807) is 11.2 Å². The van der Waals surface area contributed by atoms with Gasteiger partial charge in [-0.2, -0.15) is 0 Å². The summed E-state index contributed by atoms with van der Waals surface area (Å²) in [5.41, 5.74) is 3.46. The summed E-state index contributed by atoms with van der Waals surface area (Å²) in [6.07, 6.45) is 2.73. The zero-order valence-electron chi connectivity index (χ0n) is 14.4. The van der Waals surface area contributed by atoms with Crippen LogP contribution in [-0.2, 0) is 24.3 Å². The fourth-order valence-electron chi connectivity index (χ4n) is 2.94. The van der Waals surface area contributed by atoms with Crippen molar-refractivity contribution in [2.75, 3.05) is 13.1 Å². The standard InChI is InChI=1S/C19H23N3O3/c1-14-16(8-11-25-14)12-21-18(23)6-9-20-19(24)22-10-7-15-4-2-3-5-17(15)13-22/h2-5,8,11H,6-7,9-10,12-13H2,1H3,(H,20,24)(H,21,23). The first-order valence-electron chi connectivity index (χ1n) is 8.52. The number of furan rings is 1. The van der Waals surface area contributed by atoms with Crippen LogP contribution in [0.25, 0.3) is 0 Å². The van der Waals surface area contributed by atoms with Gasteiger partial charge in [0.15, 0.2) is 0 Å². The average molecular weight is 341 g/mol. The largest absolute Gasteiger partial charge is 0.469 e. The number of aryl methyl sites for hydroxylation is 1. The zero-order valence-corrected chi connectivity index (χ0v) is 14.4. The number of hydrogen-bond donors (Lipinski definition) is 2. The molecule has 1 aromatic heterocycles. The molecule has 0 radical (unpaired) electrons. The van der Waals surface area contributed by atoms with Gasteiger partial charge in [0.05, 0.1) is 6.26 Å². The molecule has 0 saturated heterocycles. The number of nitrogens with zero attached hydrogens (tertiary/aromatic N) is 1. The Morgan fingerprint density at radius 2 is 1.96 bits per heavy atom. The minimum atomic E-state index is -0.118. The molecule has 0 saturated carbocycles. The summed E-state index contributed by atoms with van der Waals surface area (Å²) in [6, 6.07) is 9.90. The Labute approximate surface area is 147 Å². The van der Waals surface area contributed by atoms with Gasteiger partial charge in [-0.05, 0) is 30.5 Å². The predicted molar refractivity (Wildman–Crippen MR) is 93.9 cm³/mol. The molecular formula is C19H23N3O3. The second-order valence-corrected chi connectivity index (χ2v) is 6.20. The van der Waals surface area contributed by atoms with Crippen molar-refractivity contribution in [1.29, 1.82) is 0 Å². The molecule has 2 N–H and O–H groups in total. The molecule has 0 bridgehead atoms. The van der Waals surface area contributed by atoms with E-state index in [0.29, 0.717) is 26.2 Å². The average Bonchev–Trinajstić information content (AvgIpc) is 3.04. The molecule has 6 nitrogen and oxygen atoms in total. The number of fused-ring (bicyclic) bond motifs is 1. The topological polar surface area (TPSA) is 74.6 Å². The van der Waals surface area contributed by atoms with E-state index < -0.39 is 0 Å². The Hall–Kier alpha value is -2.76. The van der Waals surface area contributed by atoms with Crippen LogP contribution in [0.3, 0.4) is 0 Å². The van der Waals surface area contributed by atoms with Gasteiger partial charge >= 0.3 is 6.03 Å². The lowest BCUT2D eigenvalue weighted by molar-refractivity contribution is -0.121. The van der Waals surface area contributed by atoms with E-state index >= 15 is 0 Å². The lowest BCUT2D eigenvalue weighted by Gasteiger charge is -2.28. The smallest absolute Gasteiger partial charge is 0.317 e. The van der Waals surface area contributed by atoms with E-state index in [-0.39, 0.29) is 18.4 Å². The van der Waals surface area contributed by atoms with Crippen LogP contribution in [0, 0.1) is 6.92 Å². The maximum atomic E-state index is 12.2. The number of rotatable bonds is 5. The molecular weight excluding hydrogens is 318 g/mol. The molecule has 1 aromatic carbocycles. The predicted octanol–water partition coefficient (Wildman–Crippen LogP) is 2.36. The second-order valence-electron chi connectivity index (χ2n) is 6.20. The highest BCUT2D eigenvalue weighted by Gasteiger charge is 2.20. The third-order valence-electron chi connectivity index (χ3n) is 4.49. The number of carbonyl (C=O) groups is 2. The molecule has 0 spiro atoms. The van der Waals surface area contributed by atoms with E-state index in [1.807, 2.05) is 25.1 Å². The second kappa shape index (κ2) is 7.88. The third-order valence-corrected chi connectivity index (χ3v) is 4.49. The summed E-state index contributed by atoms with van der Waals surface area (Å²) in [6.45, 7) is 3.95. The molecule has 25 heavy (non-hydrogen) atoms. The summed E-state index contributed by atoms with van der Waals surface area (Å²) in [4.78, 5) is 25.9. The van der Waals surface area contributed by atoms with Crippen LogP contribution in [0.5, 0.6) is 0 Å². The molecule has 1 aliphatic rings. The highest BCUT2D eigenvalue weighted by atomic mass is 16.3. The molecule has 0 aliphatic carbocycles. The molecule has 2 aromatic rings. The van der Waals surface area contributed by atoms with E-state index in [9.17, 15) is 9.59 Å². The van der Waals surface area contributed by atoms with Crippen LogP contribution in [0.4, 0.5) is 4.79 Å². The first kappa shape index (κ1) is 17.1. The lowest BCUT2D eigenvalue weighted by atomic mass is 10.0. The SMILES string of the molecule is Cc1occc1CNC(=O)CCNC(=O)N1CCc2ccccc2C1. The van der Waals surface area contributed by atoms with E-state index in [2.05, 4.69) is 22.8 Å². The maximum absolute atomic E-state index is 12.2. The number of urea groups is 1. The van der Waals surface area contributed by atoms with Crippen molar-refractivity contribution in [3.63, 3.8) is 0 Å². The van der Waals surface area contributed by atoms with Crippen molar-refractivity contribution < 1.29 is 14.0 Å². The van der Waals surface area contributed by atoms with Gasteiger partial charge in [0.1, 0.15) is 5.76 Å². The molecule has 6 heteroatoms. The normalized spacial score (nSPS) is 13.2. The lowest BCUT2D eigenvalue weighted by Crippen LogP contribution is -2.43. The Balaban J connectivity index is 1.38. The van der Waals surface area contributed by atoms with E-state index in [0.717, 1.165) is 17.7 Å². The quantitative estimate of drug-likeness (QED) is 0.877. The number of hydrogen-bond acceptors (Lipinski definition) is 3. The first-order chi connectivity index (χ1) is 12.1.